The summed E-state index contributed by atoms with van der Waals surface area (Å²) in [5.41, 5.74) is 2.99. The molecule has 1 N–H and O–H groups in total. The second-order valence-electron chi connectivity index (χ2n) is 11.1. The van der Waals surface area contributed by atoms with Crippen molar-refractivity contribution in [3.63, 3.8) is 0 Å². The minimum Gasteiger partial charge on any atom is -0.508 e. The third-order valence-electron chi connectivity index (χ3n) is 8.34. The number of ether oxygens (including phenoxy) is 3. The zero-order valence-electron chi connectivity index (χ0n) is 24.4. The minimum absolute atomic E-state index is 0.114. The number of phenolic OH excluding ortho intramolecular Hbond substituents is 1. The Morgan fingerprint density at radius 3 is 2.14 bits per heavy atom. The maximum atomic E-state index is 14.3. The molecule has 2 saturated heterocycles. The van der Waals surface area contributed by atoms with E-state index in [9.17, 15) is 9.90 Å². The summed E-state index contributed by atoms with van der Waals surface area (Å²) in [4.78, 5) is 20.0. The van der Waals surface area contributed by atoms with Gasteiger partial charge in [0.05, 0.1) is 19.8 Å². The number of carbonyl (C=O) groups is 1. The van der Waals surface area contributed by atoms with Gasteiger partial charge in [0.1, 0.15) is 29.6 Å². The molecule has 0 radical (unpaired) electrons. The molecule has 4 aromatic rings. The molecular weight excluding hydrogens is 548 g/mol. The molecular formula is C34H38N2O5S. The Morgan fingerprint density at radius 2 is 1.50 bits per heavy atom. The average Bonchev–Trinajstić information content (AvgIpc) is 3.79. The first-order chi connectivity index (χ1) is 20.5. The predicted molar refractivity (Wildman–Crippen MR) is 168 cm³/mol. The molecule has 0 spiro atoms. The molecule has 220 valence electrons. The Bertz CT molecular complexity index is 1530. The Balaban J connectivity index is 1.33. The van der Waals surface area contributed by atoms with Crippen LogP contribution in [0.25, 0.3) is 20.5 Å². The standard InChI is InChI=1S/C34H38N2O5S/c1-39-29-19-24(20-30(40-2)28(29)22-36-15-5-6-16-36)33(38)32-27-12-9-25(37)21-31(27)42-34(32)23-7-10-26(11-8-23)41-18-17-35-13-3-4-14-35/h7-12,19-21,37H,3-6,13-18,22H2,1-2H3. The van der Waals surface area contributed by atoms with Crippen molar-refractivity contribution in [1.82, 2.24) is 9.80 Å². The summed E-state index contributed by atoms with van der Waals surface area (Å²) in [6.45, 7) is 6.71. The summed E-state index contributed by atoms with van der Waals surface area (Å²) in [7, 11) is 3.28. The molecule has 2 fully saturated rings. The molecule has 42 heavy (non-hydrogen) atoms. The van der Waals surface area contributed by atoms with Gasteiger partial charge < -0.3 is 19.3 Å². The number of benzene rings is 3. The van der Waals surface area contributed by atoms with Gasteiger partial charge in [-0.05, 0) is 112 Å². The number of phenols is 1. The number of thiophene rings is 1. The van der Waals surface area contributed by atoms with Crippen molar-refractivity contribution < 1.29 is 24.1 Å². The average molecular weight is 587 g/mol. The third-order valence-corrected chi connectivity index (χ3v) is 9.54. The maximum Gasteiger partial charge on any atom is 0.195 e. The number of carbonyl (C=O) groups excluding carboxylic acids is 1. The van der Waals surface area contributed by atoms with Crippen LogP contribution in [0.1, 0.15) is 47.2 Å². The number of likely N-dealkylation sites (tertiary alicyclic amines) is 2. The van der Waals surface area contributed by atoms with Crippen molar-refractivity contribution in [3.8, 4) is 33.4 Å². The number of fused-ring (bicyclic) bond motifs is 1. The number of rotatable bonds is 11. The molecule has 0 aliphatic carbocycles. The molecule has 0 saturated carbocycles. The van der Waals surface area contributed by atoms with E-state index in [4.69, 9.17) is 14.2 Å². The minimum atomic E-state index is -0.114. The molecule has 6 rings (SSSR count). The van der Waals surface area contributed by atoms with Gasteiger partial charge in [0, 0.05) is 39.2 Å². The van der Waals surface area contributed by atoms with Crippen molar-refractivity contribution >= 4 is 27.2 Å². The molecule has 3 aromatic carbocycles. The van der Waals surface area contributed by atoms with E-state index in [1.807, 2.05) is 42.5 Å². The lowest BCUT2D eigenvalue weighted by atomic mass is 9.96. The first kappa shape index (κ1) is 28.5. The van der Waals surface area contributed by atoms with Crippen LogP contribution in [-0.2, 0) is 6.54 Å². The lowest BCUT2D eigenvalue weighted by molar-refractivity contribution is 0.104. The highest BCUT2D eigenvalue weighted by atomic mass is 32.1. The molecule has 0 unspecified atom stereocenters. The van der Waals surface area contributed by atoms with Crippen molar-refractivity contribution in [1.29, 1.82) is 0 Å². The topological polar surface area (TPSA) is 71.5 Å². The van der Waals surface area contributed by atoms with E-state index >= 15 is 0 Å². The van der Waals surface area contributed by atoms with Crippen molar-refractivity contribution in [2.75, 3.05) is 53.6 Å². The number of aromatic hydroxyl groups is 1. The van der Waals surface area contributed by atoms with E-state index < -0.39 is 0 Å². The molecule has 1 aromatic heterocycles. The summed E-state index contributed by atoms with van der Waals surface area (Å²) in [5.74, 6) is 2.17. The van der Waals surface area contributed by atoms with Gasteiger partial charge in [-0.1, -0.05) is 0 Å². The Morgan fingerprint density at radius 1 is 0.857 bits per heavy atom. The highest BCUT2D eigenvalue weighted by Crippen LogP contribution is 2.42. The molecule has 0 amide bonds. The fraction of sp³-hybridized carbons (Fsp3) is 0.382. The third kappa shape index (κ3) is 5.98. The summed E-state index contributed by atoms with van der Waals surface area (Å²) in [5, 5.41) is 11.0. The Hall–Kier alpha value is -3.59. The van der Waals surface area contributed by atoms with Crippen LogP contribution in [0.2, 0.25) is 0 Å². The Kier molecular flexibility index (Phi) is 8.65. The van der Waals surface area contributed by atoms with Gasteiger partial charge in [0.25, 0.3) is 0 Å². The smallest absolute Gasteiger partial charge is 0.195 e. The second kappa shape index (κ2) is 12.7. The fourth-order valence-corrected chi connectivity index (χ4v) is 7.33. The van der Waals surface area contributed by atoms with Crippen LogP contribution in [0, 0.1) is 0 Å². The van der Waals surface area contributed by atoms with E-state index in [-0.39, 0.29) is 11.5 Å². The molecule has 2 aliphatic heterocycles. The van der Waals surface area contributed by atoms with Crippen LogP contribution >= 0.6 is 11.3 Å². The van der Waals surface area contributed by atoms with Crippen LogP contribution < -0.4 is 14.2 Å². The van der Waals surface area contributed by atoms with Crippen molar-refractivity contribution in [2.45, 2.75) is 32.2 Å². The number of methoxy groups -OCH3 is 2. The van der Waals surface area contributed by atoms with E-state index in [0.29, 0.717) is 29.2 Å². The summed E-state index contributed by atoms with van der Waals surface area (Å²) in [6, 6.07) is 16.8. The number of ketones is 1. The lowest BCUT2D eigenvalue weighted by Gasteiger charge is -2.20. The number of hydrogen-bond acceptors (Lipinski definition) is 8. The second-order valence-corrected chi connectivity index (χ2v) is 12.1. The van der Waals surface area contributed by atoms with Gasteiger partial charge in [-0.3, -0.25) is 14.6 Å². The number of nitrogens with zero attached hydrogens (tertiary/aromatic N) is 2. The van der Waals surface area contributed by atoms with Gasteiger partial charge in [-0.2, -0.15) is 0 Å². The van der Waals surface area contributed by atoms with E-state index in [1.165, 1.54) is 37.0 Å². The summed E-state index contributed by atoms with van der Waals surface area (Å²) < 4.78 is 18.5. The van der Waals surface area contributed by atoms with E-state index in [1.54, 1.807) is 26.4 Å². The molecule has 7 nitrogen and oxygen atoms in total. The quantitative estimate of drug-likeness (QED) is 0.199. The van der Waals surface area contributed by atoms with Crippen LogP contribution in [0.15, 0.2) is 54.6 Å². The largest absolute Gasteiger partial charge is 0.508 e. The first-order valence-corrected chi connectivity index (χ1v) is 15.6. The normalized spacial score (nSPS) is 15.9. The molecule has 0 atom stereocenters. The van der Waals surface area contributed by atoms with Crippen molar-refractivity contribution in [2.24, 2.45) is 0 Å². The zero-order chi connectivity index (χ0) is 29.1. The molecule has 2 aliphatic rings. The predicted octanol–water partition coefficient (Wildman–Crippen LogP) is 6.59. The highest BCUT2D eigenvalue weighted by Gasteiger charge is 2.25. The molecule has 0 bridgehead atoms. The van der Waals surface area contributed by atoms with Crippen LogP contribution in [0.3, 0.4) is 0 Å². The molecule has 3 heterocycles. The highest BCUT2D eigenvalue weighted by molar-refractivity contribution is 7.22. The zero-order valence-corrected chi connectivity index (χ0v) is 25.2. The van der Waals surface area contributed by atoms with Gasteiger partial charge in [0.15, 0.2) is 5.78 Å². The monoisotopic (exact) mass is 586 g/mol. The van der Waals surface area contributed by atoms with Gasteiger partial charge in [0.2, 0.25) is 0 Å². The van der Waals surface area contributed by atoms with Gasteiger partial charge in [-0.25, -0.2) is 0 Å². The SMILES string of the molecule is COc1cc(C(=O)c2c(-c3ccc(OCCN4CCCC4)cc3)sc3cc(O)ccc23)cc(OC)c1CN1CCCC1. The first-order valence-electron chi connectivity index (χ1n) is 14.8. The Labute approximate surface area is 251 Å². The van der Waals surface area contributed by atoms with E-state index in [2.05, 4.69) is 9.80 Å². The maximum absolute atomic E-state index is 14.3. The van der Waals surface area contributed by atoms with Crippen molar-refractivity contribution in [3.05, 3.63) is 71.3 Å². The summed E-state index contributed by atoms with van der Waals surface area (Å²) in [6.07, 6.45) is 4.92. The lowest BCUT2D eigenvalue weighted by Crippen LogP contribution is -2.25. The van der Waals surface area contributed by atoms with Gasteiger partial charge >= 0.3 is 0 Å². The number of hydrogen-bond donors (Lipinski definition) is 1. The molecule has 8 heteroatoms. The summed E-state index contributed by atoms with van der Waals surface area (Å²) >= 11 is 1.50. The fourth-order valence-electron chi connectivity index (χ4n) is 6.10. The van der Waals surface area contributed by atoms with E-state index in [0.717, 1.165) is 71.1 Å². The van der Waals surface area contributed by atoms with Gasteiger partial charge in [-0.15, -0.1) is 11.3 Å². The van der Waals surface area contributed by atoms with Crippen LogP contribution in [0.4, 0.5) is 0 Å². The van der Waals surface area contributed by atoms with Crippen LogP contribution in [-0.4, -0.2) is 74.2 Å². The van der Waals surface area contributed by atoms with Crippen LogP contribution in [0.5, 0.6) is 23.0 Å².